The third-order valence-electron chi connectivity index (χ3n) is 3.19. The minimum Gasteiger partial charge on any atom is -0.378 e. The van der Waals surface area contributed by atoms with Crippen LogP contribution < -0.4 is 5.32 Å². The van der Waals surface area contributed by atoms with Crippen molar-refractivity contribution in [2.75, 3.05) is 25.5 Å². The van der Waals surface area contributed by atoms with Crippen LogP contribution in [0.3, 0.4) is 0 Å². The van der Waals surface area contributed by atoms with Crippen molar-refractivity contribution in [3.8, 4) is 0 Å². The van der Waals surface area contributed by atoms with Gasteiger partial charge in [-0.25, -0.2) is 4.39 Å². The van der Waals surface area contributed by atoms with Crippen LogP contribution in [0.1, 0.15) is 12.8 Å². The lowest BCUT2D eigenvalue weighted by Gasteiger charge is -2.16. The smallest absolute Gasteiger partial charge is 0.293 e. The van der Waals surface area contributed by atoms with Crippen LogP contribution in [0.25, 0.3) is 0 Å². The van der Waals surface area contributed by atoms with Crippen molar-refractivity contribution < 1.29 is 9.31 Å². The molecule has 1 aromatic rings. The Bertz CT molecular complexity index is 494. The molecule has 5 nitrogen and oxygen atoms in total. The maximum absolute atomic E-state index is 13.4. The number of hydrogen-bond donors (Lipinski definition) is 1. The summed E-state index contributed by atoms with van der Waals surface area (Å²) in [4.78, 5) is 12.6. The summed E-state index contributed by atoms with van der Waals surface area (Å²) in [5.41, 5.74) is 0.0947. The largest absolute Gasteiger partial charge is 0.378 e. The fourth-order valence-electron chi connectivity index (χ4n) is 1.89. The second-order valence-corrected chi connectivity index (χ2v) is 5.53. The van der Waals surface area contributed by atoms with Crippen LogP contribution in [0.5, 0.6) is 0 Å². The highest BCUT2D eigenvalue weighted by Crippen LogP contribution is 2.30. The second kappa shape index (κ2) is 5.83. The summed E-state index contributed by atoms with van der Waals surface area (Å²) in [5, 5.41) is 13.8. The van der Waals surface area contributed by atoms with Gasteiger partial charge in [0.25, 0.3) is 5.69 Å². The molecule has 1 saturated carbocycles. The maximum Gasteiger partial charge on any atom is 0.293 e. The average molecular weight is 332 g/mol. The molecule has 1 fully saturated rings. The summed E-state index contributed by atoms with van der Waals surface area (Å²) in [6.07, 6.45) is 2.42. The van der Waals surface area contributed by atoms with Crippen molar-refractivity contribution >= 4 is 27.3 Å². The van der Waals surface area contributed by atoms with Gasteiger partial charge in [-0.2, -0.15) is 0 Å². The van der Waals surface area contributed by atoms with E-state index in [4.69, 9.17) is 0 Å². The number of nitro benzene ring substituents is 1. The summed E-state index contributed by atoms with van der Waals surface area (Å²) >= 11 is 2.95. The molecule has 2 rings (SSSR count). The number of rotatable bonds is 6. The summed E-state index contributed by atoms with van der Waals surface area (Å²) in [7, 11) is 2.02. The lowest BCUT2D eigenvalue weighted by Crippen LogP contribution is -2.27. The van der Waals surface area contributed by atoms with Crippen LogP contribution >= 0.6 is 15.9 Å². The Hall–Kier alpha value is -1.21. The zero-order valence-corrected chi connectivity index (χ0v) is 12.1. The Kier molecular flexibility index (Phi) is 4.36. The second-order valence-electron chi connectivity index (χ2n) is 4.68. The summed E-state index contributed by atoms with van der Waals surface area (Å²) in [6.45, 7) is 1.33. The minimum atomic E-state index is -0.517. The van der Waals surface area contributed by atoms with Gasteiger partial charge in [-0.15, -0.1) is 0 Å². The van der Waals surface area contributed by atoms with Crippen LogP contribution in [0, 0.1) is 15.9 Å². The fraction of sp³-hybridized carbons (Fsp3) is 0.500. The van der Waals surface area contributed by atoms with Crippen LogP contribution in [0.4, 0.5) is 15.8 Å². The third-order valence-corrected chi connectivity index (χ3v) is 3.79. The molecule has 1 aliphatic carbocycles. The SMILES string of the molecule is CN(CCNc1cc(F)c(Br)cc1[N+](=O)[O-])C1CC1. The molecule has 1 N–H and O–H groups in total. The van der Waals surface area contributed by atoms with E-state index in [2.05, 4.69) is 26.1 Å². The Morgan fingerprint density at radius 3 is 2.84 bits per heavy atom. The van der Waals surface area contributed by atoms with Crippen molar-refractivity contribution in [3.63, 3.8) is 0 Å². The van der Waals surface area contributed by atoms with E-state index in [1.165, 1.54) is 18.9 Å². The molecule has 0 heterocycles. The van der Waals surface area contributed by atoms with Gasteiger partial charge < -0.3 is 10.2 Å². The molecule has 0 spiro atoms. The number of halogens is 2. The maximum atomic E-state index is 13.4. The zero-order valence-electron chi connectivity index (χ0n) is 10.5. The molecule has 19 heavy (non-hydrogen) atoms. The first-order valence-electron chi connectivity index (χ1n) is 6.06. The molecule has 1 aliphatic rings. The number of benzene rings is 1. The lowest BCUT2D eigenvalue weighted by molar-refractivity contribution is -0.384. The van der Waals surface area contributed by atoms with E-state index in [-0.39, 0.29) is 15.8 Å². The van der Waals surface area contributed by atoms with E-state index in [1.807, 2.05) is 7.05 Å². The third kappa shape index (κ3) is 3.63. The summed E-state index contributed by atoms with van der Waals surface area (Å²) < 4.78 is 13.5. The fourth-order valence-corrected chi connectivity index (χ4v) is 2.23. The standard InChI is InChI=1S/C12H15BrFN3O2/c1-16(8-2-3-8)5-4-15-11-7-10(14)9(13)6-12(11)17(18)19/h6-8,15H,2-5H2,1H3. The molecule has 1 aromatic carbocycles. The quantitative estimate of drug-likeness (QED) is 0.643. The van der Waals surface area contributed by atoms with Gasteiger partial charge in [0.1, 0.15) is 11.5 Å². The molecule has 0 radical (unpaired) electrons. The van der Waals surface area contributed by atoms with Crippen molar-refractivity contribution in [2.45, 2.75) is 18.9 Å². The topological polar surface area (TPSA) is 58.4 Å². The first-order chi connectivity index (χ1) is 8.99. The predicted octanol–water partition coefficient (Wildman–Crippen LogP) is 3.00. The highest BCUT2D eigenvalue weighted by molar-refractivity contribution is 9.10. The van der Waals surface area contributed by atoms with Crippen molar-refractivity contribution in [1.82, 2.24) is 4.90 Å². The van der Waals surface area contributed by atoms with E-state index in [0.717, 1.165) is 12.6 Å². The minimum absolute atomic E-state index is 0.0971. The summed E-state index contributed by atoms with van der Waals surface area (Å²) in [5.74, 6) is -0.511. The molecule has 0 unspecified atom stereocenters. The Balaban J connectivity index is 2.01. The Labute approximate surface area is 119 Å². The van der Waals surface area contributed by atoms with Gasteiger partial charge in [-0.1, -0.05) is 0 Å². The lowest BCUT2D eigenvalue weighted by atomic mass is 10.2. The monoisotopic (exact) mass is 331 g/mol. The van der Waals surface area contributed by atoms with Gasteiger partial charge >= 0.3 is 0 Å². The van der Waals surface area contributed by atoms with Gasteiger partial charge in [0.05, 0.1) is 9.40 Å². The average Bonchev–Trinajstić information content (AvgIpc) is 3.16. The molecule has 7 heteroatoms. The summed E-state index contributed by atoms with van der Waals surface area (Å²) in [6, 6.07) is 2.97. The molecule has 0 aromatic heterocycles. The molecule has 0 atom stereocenters. The van der Waals surface area contributed by atoms with Gasteiger partial charge in [-0.05, 0) is 35.8 Å². The molecule has 0 saturated heterocycles. The van der Waals surface area contributed by atoms with Crippen LogP contribution in [-0.4, -0.2) is 36.0 Å². The Morgan fingerprint density at radius 1 is 1.58 bits per heavy atom. The first kappa shape index (κ1) is 14.2. The van der Waals surface area contributed by atoms with Gasteiger partial charge in [0, 0.05) is 31.3 Å². The van der Waals surface area contributed by atoms with Gasteiger partial charge in [-0.3, -0.25) is 10.1 Å². The van der Waals surface area contributed by atoms with Gasteiger partial charge in [0.15, 0.2) is 0 Å². The van der Waals surface area contributed by atoms with E-state index in [0.29, 0.717) is 12.6 Å². The zero-order chi connectivity index (χ0) is 14.0. The predicted molar refractivity (Wildman–Crippen MR) is 74.9 cm³/mol. The Morgan fingerprint density at radius 2 is 2.26 bits per heavy atom. The number of nitro groups is 1. The van der Waals surface area contributed by atoms with Gasteiger partial charge in [0.2, 0.25) is 0 Å². The van der Waals surface area contributed by atoms with E-state index >= 15 is 0 Å². The van der Waals surface area contributed by atoms with Crippen molar-refractivity contribution in [3.05, 3.63) is 32.5 Å². The van der Waals surface area contributed by atoms with E-state index < -0.39 is 10.7 Å². The first-order valence-corrected chi connectivity index (χ1v) is 6.86. The number of likely N-dealkylation sites (N-methyl/N-ethyl adjacent to an activating group) is 1. The van der Waals surface area contributed by atoms with Crippen LogP contribution in [0.15, 0.2) is 16.6 Å². The number of nitrogens with one attached hydrogen (secondary N) is 1. The van der Waals surface area contributed by atoms with Crippen molar-refractivity contribution in [2.24, 2.45) is 0 Å². The molecule has 104 valence electrons. The normalized spacial score (nSPS) is 14.7. The molecule has 0 bridgehead atoms. The van der Waals surface area contributed by atoms with Crippen LogP contribution in [0.2, 0.25) is 0 Å². The number of anilines is 1. The van der Waals surface area contributed by atoms with Crippen molar-refractivity contribution in [1.29, 1.82) is 0 Å². The van der Waals surface area contributed by atoms with E-state index in [9.17, 15) is 14.5 Å². The molecular weight excluding hydrogens is 317 g/mol. The molecule has 0 aliphatic heterocycles. The molecular formula is C12H15BrFN3O2. The highest BCUT2D eigenvalue weighted by Gasteiger charge is 2.25. The highest BCUT2D eigenvalue weighted by atomic mass is 79.9. The number of nitrogens with zero attached hydrogens (tertiary/aromatic N) is 2. The number of hydrogen-bond acceptors (Lipinski definition) is 4. The van der Waals surface area contributed by atoms with E-state index in [1.54, 1.807) is 0 Å². The van der Waals surface area contributed by atoms with Crippen LogP contribution in [-0.2, 0) is 0 Å². The molecule has 0 amide bonds.